The van der Waals surface area contributed by atoms with Gasteiger partial charge in [-0.15, -0.1) is 5.10 Å². The zero-order valence-electron chi connectivity index (χ0n) is 11.3. The van der Waals surface area contributed by atoms with E-state index in [9.17, 15) is 4.79 Å². The lowest BCUT2D eigenvalue weighted by Crippen LogP contribution is -2.35. The van der Waals surface area contributed by atoms with E-state index in [1.165, 1.54) is 0 Å². The van der Waals surface area contributed by atoms with Crippen molar-refractivity contribution < 1.29 is 0 Å². The summed E-state index contributed by atoms with van der Waals surface area (Å²) in [4.78, 5) is 11.6. The standard InChI is InChI=1S/C12H22N4OS/c1-4-13-10(8(2)3)7-18-12-15-14-11(17)16(12)9-5-6-9/h8-10,13H,4-7H2,1-3H3,(H,14,17). The molecule has 1 fully saturated rings. The minimum Gasteiger partial charge on any atom is -0.313 e. The van der Waals surface area contributed by atoms with Crippen molar-refractivity contribution in [3.63, 3.8) is 0 Å². The Morgan fingerprint density at radius 3 is 2.83 bits per heavy atom. The van der Waals surface area contributed by atoms with Crippen molar-refractivity contribution in [1.82, 2.24) is 20.1 Å². The van der Waals surface area contributed by atoms with Gasteiger partial charge in [0.1, 0.15) is 0 Å². The maximum Gasteiger partial charge on any atom is 0.344 e. The Morgan fingerprint density at radius 2 is 2.28 bits per heavy atom. The molecule has 18 heavy (non-hydrogen) atoms. The fraction of sp³-hybridized carbons (Fsp3) is 0.833. The van der Waals surface area contributed by atoms with Crippen LogP contribution in [-0.4, -0.2) is 33.1 Å². The topological polar surface area (TPSA) is 62.7 Å². The van der Waals surface area contributed by atoms with Gasteiger partial charge in [0.05, 0.1) is 0 Å². The van der Waals surface area contributed by atoms with Crippen LogP contribution < -0.4 is 11.0 Å². The second-order valence-electron chi connectivity index (χ2n) is 5.13. The van der Waals surface area contributed by atoms with E-state index in [4.69, 9.17) is 0 Å². The van der Waals surface area contributed by atoms with Crippen molar-refractivity contribution in [2.24, 2.45) is 5.92 Å². The summed E-state index contributed by atoms with van der Waals surface area (Å²) in [5.41, 5.74) is -0.0652. The molecule has 2 rings (SSSR count). The minimum absolute atomic E-state index is 0.0652. The van der Waals surface area contributed by atoms with Gasteiger partial charge in [0.2, 0.25) is 0 Å². The largest absolute Gasteiger partial charge is 0.344 e. The third-order valence-corrected chi connectivity index (χ3v) is 4.32. The van der Waals surface area contributed by atoms with Crippen molar-refractivity contribution in [1.29, 1.82) is 0 Å². The Morgan fingerprint density at radius 1 is 1.56 bits per heavy atom. The number of nitrogens with zero attached hydrogens (tertiary/aromatic N) is 2. The molecule has 1 atom stereocenters. The van der Waals surface area contributed by atoms with Gasteiger partial charge in [0.25, 0.3) is 0 Å². The van der Waals surface area contributed by atoms with E-state index in [2.05, 4.69) is 36.3 Å². The summed E-state index contributed by atoms with van der Waals surface area (Å²) < 4.78 is 1.81. The van der Waals surface area contributed by atoms with Crippen molar-refractivity contribution in [2.75, 3.05) is 12.3 Å². The number of hydrogen-bond acceptors (Lipinski definition) is 4. The van der Waals surface area contributed by atoms with Gasteiger partial charge in [-0.3, -0.25) is 4.57 Å². The lowest BCUT2D eigenvalue weighted by molar-refractivity contribution is 0.443. The Kier molecular flexibility index (Phi) is 4.50. The van der Waals surface area contributed by atoms with Crippen LogP contribution in [-0.2, 0) is 0 Å². The summed E-state index contributed by atoms with van der Waals surface area (Å²) >= 11 is 1.67. The number of H-pyrrole nitrogens is 1. The van der Waals surface area contributed by atoms with Crippen LogP contribution >= 0.6 is 11.8 Å². The second-order valence-corrected chi connectivity index (χ2v) is 6.12. The SMILES string of the molecule is CCNC(CSc1n[nH]c(=O)n1C1CC1)C(C)C. The molecule has 0 radical (unpaired) electrons. The predicted octanol–water partition coefficient (Wildman–Crippen LogP) is 1.63. The van der Waals surface area contributed by atoms with Crippen molar-refractivity contribution in [3.05, 3.63) is 10.5 Å². The van der Waals surface area contributed by atoms with Gasteiger partial charge < -0.3 is 5.32 Å². The molecule has 6 heteroatoms. The number of nitrogens with one attached hydrogen (secondary N) is 2. The molecule has 0 saturated heterocycles. The molecule has 1 aromatic rings. The molecule has 0 aliphatic heterocycles. The number of aromatic nitrogens is 3. The molecular weight excluding hydrogens is 248 g/mol. The highest BCUT2D eigenvalue weighted by Crippen LogP contribution is 2.36. The number of hydrogen-bond donors (Lipinski definition) is 2. The maximum absolute atomic E-state index is 11.6. The van der Waals surface area contributed by atoms with E-state index in [1.54, 1.807) is 11.8 Å². The molecule has 1 heterocycles. The van der Waals surface area contributed by atoms with Gasteiger partial charge in [-0.25, -0.2) is 9.89 Å². The minimum atomic E-state index is -0.0652. The van der Waals surface area contributed by atoms with Gasteiger partial charge in [-0.1, -0.05) is 32.5 Å². The highest BCUT2D eigenvalue weighted by molar-refractivity contribution is 7.99. The third kappa shape index (κ3) is 3.17. The van der Waals surface area contributed by atoms with E-state index >= 15 is 0 Å². The first-order chi connectivity index (χ1) is 8.63. The highest BCUT2D eigenvalue weighted by atomic mass is 32.2. The fourth-order valence-electron chi connectivity index (χ4n) is 1.96. The summed E-state index contributed by atoms with van der Waals surface area (Å²) in [6, 6.07) is 0.842. The van der Waals surface area contributed by atoms with E-state index in [1.807, 2.05) is 4.57 Å². The van der Waals surface area contributed by atoms with Crippen LogP contribution in [0.1, 0.15) is 39.7 Å². The summed E-state index contributed by atoms with van der Waals surface area (Å²) in [6.07, 6.45) is 2.21. The quantitative estimate of drug-likeness (QED) is 0.739. The average Bonchev–Trinajstić information content (AvgIpc) is 3.09. The summed E-state index contributed by atoms with van der Waals surface area (Å²) in [7, 11) is 0. The zero-order chi connectivity index (χ0) is 13.1. The fourth-order valence-corrected chi connectivity index (χ4v) is 3.27. The lowest BCUT2D eigenvalue weighted by Gasteiger charge is -2.20. The van der Waals surface area contributed by atoms with Crippen LogP contribution in [0.4, 0.5) is 0 Å². The van der Waals surface area contributed by atoms with Crippen LogP contribution in [0.3, 0.4) is 0 Å². The molecule has 2 N–H and O–H groups in total. The molecular formula is C12H22N4OS. The summed E-state index contributed by atoms with van der Waals surface area (Å²) in [5, 5.41) is 11.0. The van der Waals surface area contributed by atoms with E-state index in [-0.39, 0.29) is 5.69 Å². The number of aromatic amines is 1. The molecule has 0 spiro atoms. The summed E-state index contributed by atoms with van der Waals surface area (Å²) in [6.45, 7) is 7.52. The van der Waals surface area contributed by atoms with Gasteiger partial charge in [0, 0.05) is 17.8 Å². The molecule has 0 amide bonds. The molecule has 1 aliphatic rings. The molecule has 5 nitrogen and oxygen atoms in total. The van der Waals surface area contributed by atoms with Crippen molar-refractivity contribution in [2.45, 2.75) is 50.9 Å². The Balaban J connectivity index is 1.98. The van der Waals surface area contributed by atoms with Crippen LogP contribution in [0.15, 0.2) is 9.95 Å². The first-order valence-corrected chi connectivity index (χ1v) is 7.65. The van der Waals surface area contributed by atoms with Gasteiger partial charge in [-0.2, -0.15) is 0 Å². The van der Waals surface area contributed by atoms with E-state index in [0.717, 1.165) is 30.3 Å². The zero-order valence-corrected chi connectivity index (χ0v) is 12.1. The number of rotatable bonds is 7. The van der Waals surface area contributed by atoms with Crippen molar-refractivity contribution in [3.8, 4) is 0 Å². The first-order valence-electron chi connectivity index (χ1n) is 6.66. The highest BCUT2D eigenvalue weighted by Gasteiger charge is 2.28. The smallest absolute Gasteiger partial charge is 0.313 e. The number of thioether (sulfide) groups is 1. The van der Waals surface area contributed by atoms with Crippen LogP contribution in [0, 0.1) is 5.92 Å². The van der Waals surface area contributed by atoms with E-state index in [0.29, 0.717) is 18.0 Å². The Labute approximate surface area is 112 Å². The Hall–Kier alpha value is -0.750. The molecule has 0 bridgehead atoms. The van der Waals surface area contributed by atoms with Crippen LogP contribution in [0.2, 0.25) is 0 Å². The average molecular weight is 270 g/mol. The molecule has 102 valence electrons. The summed E-state index contributed by atoms with van der Waals surface area (Å²) in [5.74, 6) is 1.53. The van der Waals surface area contributed by atoms with Crippen molar-refractivity contribution >= 4 is 11.8 Å². The van der Waals surface area contributed by atoms with E-state index < -0.39 is 0 Å². The normalized spacial score (nSPS) is 17.3. The van der Waals surface area contributed by atoms with Crippen LogP contribution in [0.25, 0.3) is 0 Å². The molecule has 1 aliphatic carbocycles. The molecule has 0 aromatic carbocycles. The molecule has 1 aromatic heterocycles. The van der Waals surface area contributed by atoms with Gasteiger partial charge in [-0.05, 0) is 25.3 Å². The predicted molar refractivity (Wildman–Crippen MR) is 74.1 cm³/mol. The van der Waals surface area contributed by atoms with Crippen LogP contribution in [0.5, 0.6) is 0 Å². The monoisotopic (exact) mass is 270 g/mol. The lowest BCUT2D eigenvalue weighted by atomic mass is 10.1. The third-order valence-electron chi connectivity index (χ3n) is 3.25. The Bertz CT molecular complexity index is 436. The maximum atomic E-state index is 11.6. The molecule has 1 unspecified atom stereocenters. The van der Waals surface area contributed by atoms with Gasteiger partial charge >= 0.3 is 5.69 Å². The van der Waals surface area contributed by atoms with Gasteiger partial charge in [0.15, 0.2) is 5.16 Å². The molecule has 1 saturated carbocycles. The first kappa shape index (κ1) is 13.7. The second kappa shape index (κ2) is 5.93.